The summed E-state index contributed by atoms with van der Waals surface area (Å²) in [5.41, 5.74) is 9.61. The van der Waals surface area contributed by atoms with E-state index in [4.69, 9.17) is 10.5 Å². The molecule has 6 nitrogen and oxygen atoms in total. The molecule has 1 aromatic carbocycles. The molecule has 1 unspecified atom stereocenters. The Morgan fingerprint density at radius 1 is 1.31 bits per heavy atom. The molecule has 0 saturated carbocycles. The van der Waals surface area contributed by atoms with Crippen molar-refractivity contribution in [2.75, 3.05) is 12.4 Å². The maximum atomic E-state index is 14.1. The summed E-state index contributed by atoms with van der Waals surface area (Å²) < 4.78 is 47.9. The van der Waals surface area contributed by atoms with Gasteiger partial charge in [-0.2, -0.15) is 9.19 Å². The predicted molar refractivity (Wildman–Crippen MR) is 107 cm³/mol. The van der Waals surface area contributed by atoms with Gasteiger partial charge in [-0.3, -0.25) is 4.90 Å². The van der Waals surface area contributed by atoms with Gasteiger partial charge in [-0.1, -0.05) is 0 Å². The highest BCUT2D eigenvalue weighted by Crippen LogP contribution is 2.36. The van der Waals surface area contributed by atoms with Gasteiger partial charge in [0, 0.05) is 42.1 Å². The predicted octanol–water partition coefficient (Wildman–Crippen LogP) is 1.76. The van der Waals surface area contributed by atoms with Crippen LogP contribution in [-0.2, 0) is 34.0 Å². The average Bonchev–Trinajstić information content (AvgIpc) is 3.23. The molecule has 4 heterocycles. The molecule has 3 aliphatic heterocycles. The number of benzene rings is 1. The zero-order valence-corrected chi connectivity index (χ0v) is 16.8. The van der Waals surface area contributed by atoms with Crippen LogP contribution in [0.4, 0.5) is 8.78 Å². The highest BCUT2D eigenvalue weighted by Gasteiger charge is 2.39. The summed E-state index contributed by atoms with van der Waals surface area (Å²) in [6.07, 6.45) is 1.68. The van der Waals surface area contributed by atoms with E-state index < -0.39 is 33.5 Å². The molecule has 1 fully saturated rings. The summed E-state index contributed by atoms with van der Waals surface area (Å²) in [5.74, 6) is 3.44. The van der Waals surface area contributed by atoms with Gasteiger partial charge in [0.05, 0.1) is 27.7 Å². The van der Waals surface area contributed by atoms with Crippen molar-refractivity contribution in [1.82, 2.24) is 14.1 Å². The first kappa shape index (κ1) is 19.2. The lowest BCUT2D eigenvalue weighted by Gasteiger charge is -2.38. The van der Waals surface area contributed by atoms with Gasteiger partial charge in [0.15, 0.2) is 0 Å². The number of ether oxygens (including phenoxy) is 1. The van der Waals surface area contributed by atoms with Crippen LogP contribution in [0.25, 0.3) is 0 Å². The molecule has 1 saturated heterocycles. The van der Waals surface area contributed by atoms with Gasteiger partial charge in [0.25, 0.3) is 0 Å². The van der Waals surface area contributed by atoms with Crippen LogP contribution in [0.15, 0.2) is 18.2 Å². The van der Waals surface area contributed by atoms with Crippen LogP contribution < -0.4 is 5.73 Å². The van der Waals surface area contributed by atoms with Crippen LogP contribution in [0, 0.1) is 11.6 Å². The van der Waals surface area contributed by atoms with E-state index in [9.17, 15) is 13.0 Å². The number of rotatable bonds is 2. The Morgan fingerprint density at radius 2 is 2.14 bits per heavy atom. The second kappa shape index (κ2) is 6.87. The number of hydrogen-bond acceptors (Lipinski definition) is 5. The fourth-order valence-corrected chi connectivity index (χ4v) is 6.38. The molecule has 156 valence electrons. The Balaban J connectivity index is 1.31. The molecule has 2 N–H and O–H groups in total. The van der Waals surface area contributed by atoms with E-state index in [1.54, 1.807) is 4.09 Å². The number of fused-ring (bicyclic) bond motifs is 3. The van der Waals surface area contributed by atoms with E-state index >= 15 is 0 Å². The van der Waals surface area contributed by atoms with Gasteiger partial charge in [-0.15, -0.1) is 0 Å². The van der Waals surface area contributed by atoms with E-state index in [1.165, 1.54) is 0 Å². The minimum absolute atomic E-state index is 0.0698. The SMILES string of the molecule is C=S1(=O)CCCc2c3c(nn21)CN([C@H]1CO[C@H](c2cc(F)ccc2F)[C@@H](N)C1)C3. The third-order valence-electron chi connectivity index (χ3n) is 6.23. The Labute approximate surface area is 168 Å². The van der Waals surface area contributed by atoms with Crippen LogP contribution in [0.1, 0.15) is 41.5 Å². The Bertz CT molecular complexity index is 1070. The standard InChI is InChI=1S/C20H24F2N4O2S/c1-29(27)6-2-3-19-15-9-25(10-18(15)24-26(19)29)13-8-17(23)20(28-11-13)14-7-12(21)4-5-16(14)22/h4-5,7,13,17,20H,1-3,6,8-11,23H2/t13-,17+,20-,29?/m1/s1. The lowest BCUT2D eigenvalue weighted by atomic mass is 9.93. The molecular formula is C20H24F2N4O2S. The van der Waals surface area contributed by atoms with Crippen molar-refractivity contribution in [1.29, 1.82) is 0 Å². The molecule has 1 aromatic heterocycles. The zero-order valence-electron chi connectivity index (χ0n) is 16.0. The van der Waals surface area contributed by atoms with Gasteiger partial charge in [-0.25, -0.2) is 13.0 Å². The van der Waals surface area contributed by atoms with E-state index in [0.717, 1.165) is 48.0 Å². The lowest BCUT2D eigenvalue weighted by Crippen LogP contribution is -2.48. The van der Waals surface area contributed by atoms with Crippen molar-refractivity contribution in [3.05, 3.63) is 52.3 Å². The first-order chi connectivity index (χ1) is 13.8. The Morgan fingerprint density at radius 3 is 2.93 bits per heavy atom. The normalized spacial score (nSPS) is 32.2. The first-order valence-corrected chi connectivity index (χ1v) is 11.7. The van der Waals surface area contributed by atoms with Gasteiger partial charge in [0.1, 0.15) is 17.7 Å². The third-order valence-corrected chi connectivity index (χ3v) is 8.09. The lowest BCUT2D eigenvalue weighted by molar-refractivity contribution is -0.0533. The van der Waals surface area contributed by atoms with Crippen molar-refractivity contribution in [2.24, 2.45) is 5.73 Å². The molecule has 0 spiro atoms. The molecule has 0 aliphatic carbocycles. The van der Waals surface area contributed by atoms with Crippen LogP contribution >= 0.6 is 0 Å². The van der Waals surface area contributed by atoms with Crippen molar-refractivity contribution in [2.45, 2.75) is 50.5 Å². The van der Waals surface area contributed by atoms with Gasteiger partial charge in [0.2, 0.25) is 0 Å². The van der Waals surface area contributed by atoms with Gasteiger partial charge < -0.3 is 10.5 Å². The topological polar surface area (TPSA) is 73.4 Å². The Hall–Kier alpha value is -1.81. The molecule has 5 rings (SSSR count). The largest absolute Gasteiger partial charge is 0.370 e. The monoisotopic (exact) mass is 422 g/mol. The maximum absolute atomic E-state index is 14.1. The summed E-state index contributed by atoms with van der Waals surface area (Å²) in [7, 11) is -2.34. The number of hydrogen-bond donors (Lipinski definition) is 1. The molecule has 0 radical (unpaired) electrons. The summed E-state index contributed by atoms with van der Waals surface area (Å²) in [5, 5.41) is 4.61. The molecule has 2 aromatic rings. The van der Waals surface area contributed by atoms with Gasteiger partial charge in [-0.05, 0) is 43.3 Å². The number of nitrogens with two attached hydrogens (primary N) is 1. The summed E-state index contributed by atoms with van der Waals surface area (Å²) >= 11 is 0. The van der Waals surface area contributed by atoms with E-state index in [1.807, 2.05) is 0 Å². The van der Waals surface area contributed by atoms with Crippen LogP contribution in [0.3, 0.4) is 0 Å². The molecule has 0 bridgehead atoms. The fourth-order valence-electron chi connectivity index (χ4n) is 4.76. The molecule has 9 heteroatoms. The zero-order chi connectivity index (χ0) is 20.3. The molecule has 29 heavy (non-hydrogen) atoms. The second-order valence-corrected chi connectivity index (χ2v) is 10.5. The van der Waals surface area contributed by atoms with E-state index in [-0.39, 0.29) is 11.6 Å². The van der Waals surface area contributed by atoms with Crippen LogP contribution in [-0.4, -0.2) is 48.6 Å². The summed E-state index contributed by atoms with van der Waals surface area (Å²) in [6, 6.07) is 3.00. The van der Waals surface area contributed by atoms with Crippen LogP contribution in [0.2, 0.25) is 0 Å². The quantitative estimate of drug-likeness (QED) is 0.747. The smallest absolute Gasteiger partial charge is 0.129 e. The van der Waals surface area contributed by atoms with E-state index in [2.05, 4.69) is 15.9 Å². The number of halogens is 2. The average molecular weight is 423 g/mol. The minimum Gasteiger partial charge on any atom is -0.370 e. The number of aromatic nitrogens is 2. The number of nitrogens with zero attached hydrogens (tertiary/aromatic N) is 3. The van der Waals surface area contributed by atoms with E-state index in [0.29, 0.717) is 31.9 Å². The van der Waals surface area contributed by atoms with Crippen LogP contribution in [0.5, 0.6) is 0 Å². The van der Waals surface area contributed by atoms with Crippen molar-refractivity contribution < 1.29 is 17.7 Å². The van der Waals surface area contributed by atoms with Crippen molar-refractivity contribution in [3.63, 3.8) is 0 Å². The maximum Gasteiger partial charge on any atom is 0.129 e. The highest BCUT2D eigenvalue weighted by molar-refractivity contribution is 7.98. The fraction of sp³-hybridized carbons (Fsp3) is 0.500. The Kier molecular flexibility index (Phi) is 4.54. The molecule has 0 amide bonds. The van der Waals surface area contributed by atoms with Crippen molar-refractivity contribution >= 4 is 15.6 Å². The molecule has 3 aliphatic rings. The summed E-state index contributed by atoms with van der Waals surface area (Å²) in [4.78, 5) is 2.26. The summed E-state index contributed by atoms with van der Waals surface area (Å²) in [6.45, 7) is 1.74. The van der Waals surface area contributed by atoms with Gasteiger partial charge >= 0.3 is 0 Å². The minimum atomic E-state index is -2.34. The third kappa shape index (κ3) is 3.20. The first-order valence-electron chi connectivity index (χ1n) is 9.85. The van der Waals surface area contributed by atoms with Crippen molar-refractivity contribution in [3.8, 4) is 0 Å². The molecular weight excluding hydrogens is 398 g/mol. The second-order valence-electron chi connectivity index (χ2n) is 8.20. The highest BCUT2D eigenvalue weighted by atomic mass is 32.2. The molecule has 4 atom stereocenters.